The Hall–Kier alpha value is -0.460. The van der Waals surface area contributed by atoms with E-state index in [1.165, 1.54) is 16.0 Å². The maximum absolute atomic E-state index is 8.48. The van der Waals surface area contributed by atoms with Crippen molar-refractivity contribution in [1.82, 2.24) is 0 Å². The molecule has 1 aromatic carbocycles. The second-order valence-corrected chi connectivity index (χ2v) is 4.68. The molecule has 0 saturated carbocycles. The number of halogens is 1. The van der Waals surface area contributed by atoms with Crippen LogP contribution in [0.1, 0.15) is 11.1 Å². The van der Waals surface area contributed by atoms with Gasteiger partial charge in [0.1, 0.15) is 0 Å². The molecule has 68 valence electrons. The van der Waals surface area contributed by atoms with Gasteiger partial charge in [-0.15, -0.1) is 11.8 Å². The first-order valence-corrected chi connectivity index (χ1v) is 5.69. The lowest BCUT2D eigenvalue weighted by Gasteiger charge is -2.07. The third-order valence-corrected chi connectivity index (χ3v) is 3.65. The predicted octanol–water partition coefficient (Wildman–Crippen LogP) is 3.68. The van der Waals surface area contributed by atoms with Crippen LogP contribution >= 0.6 is 27.7 Å². The SMILES string of the molecule is Cc1cc(C)c(SCC#N)c(Br)c1. The summed E-state index contributed by atoms with van der Waals surface area (Å²) >= 11 is 5.07. The van der Waals surface area contributed by atoms with Crippen LogP contribution in [0.2, 0.25) is 0 Å². The number of nitriles is 1. The Labute approximate surface area is 91.3 Å². The highest BCUT2D eigenvalue weighted by Gasteiger charge is 2.04. The first-order valence-electron chi connectivity index (χ1n) is 3.91. The molecular weight excluding hydrogens is 246 g/mol. The Morgan fingerprint density at radius 2 is 2.15 bits per heavy atom. The Kier molecular flexibility index (Phi) is 3.83. The van der Waals surface area contributed by atoms with Gasteiger partial charge in [0.2, 0.25) is 0 Å². The van der Waals surface area contributed by atoms with E-state index in [1.54, 1.807) is 11.8 Å². The second kappa shape index (κ2) is 4.69. The minimum absolute atomic E-state index is 0.502. The van der Waals surface area contributed by atoms with E-state index in [4.69, 9.17) is 5.26 Å². The summed E-state index contributed by atoms with van der Waals surface area (Å²) in [6.45, 7) is 4.13. The number of aryl methyl sites for hydroxylation is 2. The zero-order valence-corrected chi connectivity index (χ0v) is 10.00. The zero-order valence-electron chi connectivity index (χ0n) is 7.60. The van der Waals surface area contributed by atoms with Crippen molar-refractivity contribution in [1.29, 1.82) is 5.26 Å². The highest BCUT2D eigenvalue weighted by atomic mass is 79.9. The number of nitrogens with zero attached hydrogens (tertiary/aromatic N) is 1. The molecule has 0 aliphatic carbocycles. The van der Waals surface area contributed by atoms with E-state index in [1.807, 2.05) is 0 Å². The van der Waals surface area contributed by atoms with Crippen molar-refractivity contribution in [3.8, 4) is 6.07 Å². The largest absolute Gasteiger partial charge is 0.197 e. The quantitative estimate of drug-likeness (QED) is 0.753. The molecule has 0 unspecified atom stereocenters. The van der Waals surface area contributed by atoms with Crippen LogP contribution in [0.25, 0.3) is 0 Å². The molecule has 0 N–H and O–H groups in total. The summed E-state index contributed by atoms with van der Waals surface area (Å²) in [5, 5.41) is 8.48. The van der Waals surface area contributed by atoms with Crippen LogP contribution in [0, 0.1) is 25.2 Å². The van der Waals surface area contributed by atoms with Gasteiger partial charge in [-0.2, -0.15) is 5.26 Å². The van der Waals surface area contributed by atoms with Crippen LogP contribution in [0.4, 0.5) is 0 Å². The average Bonchev–Trinajstić information content (AvgIpc) is 2.02. The maximum atomic E-state index is 8.48. The summed E-state index contributed by atoms with van der Waals surface area (Å²) < 4.78 is 1.09. The third-order valence-electron chi connectivity index (χ3n) is 1.65. The molecule has 0 aliphatic heterocycles. The predicted molar refractivity (Wildman–Crippen MR) is 60.0 cm³/mol. The summed E-state index contributed by atoms with van der Waals surface area (Å²) in [6.07, 6.45) is 0. The van der Waals surface area contributed by atoms with Crippen molar-refractivity contribution < 1.29 is 0 Å². The molecular formula is C10H10BrNS. The Morgan fingerprint density at radius 3 is 2.69 bits per heavy atom. The Balaban J connectivity index is 3.00. The smallest absolute Gasteiger partial charge is 0.0855 e. The first kappa shape index (κ1) is 10.6. The highest BCUT2D eigenvalue weighted by Crippen LogP contribution is 2.31. The molecule has 1 nitrogen and oxygen atoms in total. The molecule has 0 fully saturated rings. The lowest BCUT2D eigenvalue weighted by Crippen LogP contribution is -1.85. The van der Waals surface area contributed by atoms with Gasteiger partial charge < -0.3 is 0 Å². The van der Waals surface area contributed by atoms with Crippen molar-refractivity contribution in [3.63, 3.8) is 0 Å². The molecule has 0 bridgehead atoms. The van der Waals surface area contributed by atoms with E-state index in [0.29, 0.717) is 5.75 Å². The van der Waals surface area contributed by atoms with E-state index in [0.717, 1.165) is 4.47 Å². The van der Waals surface area contributed by atoms with Gasteiger partial charge in [-0.1, -0.05) is 6.07 Å². The van der Waals surface area contributed by atoms with Gasteiger partial charge in [0.05, 0.1) is 11.8 Å². The van der Waals surface area contributed by atoms with Crippen LogP contribution in [-0.2, 0) is 0 Å². The average molecular weight is 256 g/mol. The van der Waals surface area contributed by atoms with Crippen molar-refractivity contribution in [2.75, 3.05) is 5.75 Å². The van der Waals surface area contributed by atoms with Gasteiger partial charge >= 0.3 is 0 Å². The minimum atomic E-state index is 0.502. The third kappa shape index (κ3) is 2.75. The monoisotopic (exact) mass is 255 g/mol. The fraction of sp³-hybridized carbons (Fsp3) is 0.300. The Morgan fingerprint density at radius 1 is 1.46 bits per heavy atom. The molecule has 0 heterocycles. The van der Waals surface area contributed by atoms with Crippen LogP contribution in [0.5, 0.6) is 0 Å². The summed E-state index contributed by atoms with van der Waals surface area (Å²) in [6, 6.07) is 6.33. The molecule has 0 atom stereocenters. The molecule has 0 aromatic heterocycles. The normalized spacial score (nSPS) is 9.69. The van der Waals surface area contributed by atoms with Gasteiger partial charge in [-0.3, -0.25) is 0 Å². The van der Waals surface area contributed by atoms with Gasteiger partial charge in [-0.25, -0.2) is 0 Å². The van der Waals surface area contributed by atoms with Gasteiger partial charge in [0.25, 0.3) is 0 Å². The number of hydrogen-bond acceptors (Lipinski definition) is 2. The van der Waals surface area contributed by atoms with E-state index in [2.05, 4.69) is 48.0 Å². The van der Waals surface area contributed by atoms with Crippen molar-refractivity contribution in [2.45, 2.75) is 18.7 Å². The standard InChI is InChI=1S/C10H10BrNS/c1-7-5-8(2)10(9(11)6-7)13-4-3-12/h5-6H,4H2,1-2H3. The number of thioether (sulfide) groups is 1. The first-order chi connectivity index (χ1) is 6.15. The fourth-order valence-electron chi connectivity index (χ4n) is 1.19. The van der Waals surface area contributed by atoms with Crippen LogP contribution in [-0.4, -0.2) is 5.75 Å². The summed E-state index contributed by atoms with van der Waals surface area (Å²) in [7, 11) is 0. The summed E-state index contributed by atoms with van der Waals surface area (Å²) in [4.78, 5) is 1.17. The van der Waals surface area contributed by atoms with Crippen LogP contribution < -0.4 is 0 Å². The molecule has 0 spiro atoms. The van der Waals surface area contributed by atoms with Gasteiger partial charge in [0.15, 0.2) is 0 Å². The van der Waals surface area contributed by atoms with E-state index in [9.17, 15) is 0 Å². The van der Waals surface area contributed by atoms with Crippen molar-refractivity contribution in [2.24, 2.45) is 0 Å². The van der Waals surface area contributed by atoms with Crippen LogP contribution in [0.3, 0.4) is 0 Å². The molecule has 0 amide bonds. The molecule has 0 radical (unpaired) electrons. The maximum Gasteiger partial charge on any atom is 0.0855 e. The number of rotatable bonds is 2. The lowest BCUT2D eigenvalue weighted by atomic mass is 10.2. The molecule has 0 saturated heterocycles. The lowest BCUT2D eigenvalue weighted by molar-refractivity contribution is 1.23. The highest BCUT2D eigenvalue weighted by molar-refractivity contribution is 9.10. The van der Waals surface area contributed by atoms with E-state index >= 15 is 0 Å². The van der Waals surface area contributed by atoms with Crippen LogP contribution in [0.15, 0.2) is 21.5 Å². The minimum Gasteiger partial charge on any atom is -0.197 e. The molecule has 0 aliphatic rings. The molecule has 1 rings (SSSR count). The topological polar surface area (TPSA) is 23.8 Å². The Bertz CT molecular complexity index is 331. The van der Waals surface area contributed by atoms with Gasteiger partial charge in [0, 0.05) is 9.37 Å². The second-order valence-electron chi connectivity index (χ2n) is 2.84. The summed E-state index contributed by atoms with van der Waals surface area (Å²) in [5.41, 5.74) is 2.47. The van der Waals surface area contributed by atoms with Gasteiger partial charge in [-0.05, 0) is 47.0 Å². The number of hydrogen-bond donors (Lipinski definition) is 0. The zero-order chi connectivity index (χ0) is 9.84. The van der Waals surface area contributed by atoms with Crippen molar-refractivity contribution >= 4 is 27.7 Å². The molecule has 13 heavy (non-hydrogen) atoms. The summed E-state index contributed by atoms with van der Waals surface area (Å²) in [5.74, 6) is 0.502. The van der Waals surface area contributed by atoms with Crippen molar-refractivity contribution in [3.05, 3.63) is 27.7 Å². The van der Waals surface area contributed by atoms with E-state index < -0.39 is 0 Å². The number of benzene rings is 1. The molecule has 3 heteroatoms. The molecule has 1 aromatic rings. The fourth-order valence-corrected chi connectivity index (χ4v) is 2.90. The van der Waals surface area contributed by atoms with E-state index in [-0.39, 0.29) is 0 Å².